The number of thioether (sulfide) groups is 1. The minimum absolute atomic E-state index is 0.262. The van der Waals surface area contributed by atoms with Crippen LogP contribution in [0.25, 0.3) is 0 Å². The fraction of sp³-hybridized carbons (Fsp3) is 0.714. The third-order valence-electron chi connectivity index (χ3n) is 0.871. The van der Waals surface area contributed by atoms with Gasteiger partial charge < -0.3 is 5.11 Å². The highest BCUT2D eigenvalue weighted by molar-refractivity contribution is 8.00. The predicted octanol–water partition coefficient (Wildman–Crippen LogP) is 1.68. The van der Waals surface area contributed by atoms with Crippen LogP contribution in [0.4, 0.5) is 0 Å². The van der Waals surface area contributed by atoms with Crippen molar-refractivity contribution in [3.05, 3.63) is 12.2 Å². The summed E-state index contributed by atoms with van der Waals surface area (Å²) in [6.45, 7) is 8.03. The van der Waals surface area contributed by atoms with Gasteiger partial charge in [0.25, 0.3) is 0 Å². The van der Waals surface area contributed by atoms with Crippen molar-refractivity contribution in [3.8, 4) is 0 Å². The maximum Gasteiger partial charge on any atom is 0.0547 e. The Hall–Kier alpha value is 0.0500. The van der Waals surface area contributed by atoms with Gasteiger partial charge in [0.15, 0.2) is 0 Å². The largest absolute Gasteiger partial charge is 0.395 e. The van der Waals surface area contributed by atoms with Crippen molar-refractivity contribution in [2.45, 2.75) is 19.1 Å². The molecule has 54 valence electrons. The molecule has 2 heteroatoms. The molecule has 1 atom stereocenters. The summed E-state index contributed by atoms with van der Waals surface area (Å²) in [5.41, 5.74) is 1.17. The van der Waals surface area contributed by atoms with Crippen molar-refractivity contribution in [2.75, 3.05) is 12.4 Å². The molecule has 0 rings (SSSR count). The molecule has 0 fully saturated rings. The third kappa shape index (κ3) is 5.93. The molecule has 0 bridgehead atoms. The van der Waals surface area contributed by atoms with E-state index in [2.05, 4.69) is 6.58 Å². The molecule has 0 radical (unpaired) electrons. The molecule has 1 N–H and O–H groups in total. The highest BCUT2D eigenvalue weighted by Gasteiger charge is 1.97. The molecule has 0 aliphatic heterocycles. The topological polar surface area (TPSA) is 20.2 Å². The zero-order valence-electron chi connectivity index (χ0n) is 6.05. The first-order chi connectivity index (χ1) is 4.16. The molecular weight excluding hydrogens is 132 g/mol. The van der Waals surface area contributed by atoms with Crippen molar-refractivity contribution in [3.63, 3.8) is 0 Å². The molecule has 0 spiro atoms. The molecular formula is C7H14OS. The zero-order chi connectivity index (χ0) is 7.28. The van der Waals surface area contributed by atoms with Crippen LogP contribution in [-0.4, -0.2) is 22.7 Å². The van der Waals surface area contributed by atoms with Crippen LogP contribution in [0, 0.1) is 0 Å². The van der Waals surface area contributed by atoms with Crippen molar-refractivity contribution in [1.82, 2.24) is 0 Å². The Bertz CT molecular complexity index is 90.9. The molecule has 0 heterocycles. The van der Waals surface area contributed by atoms with Gasteiger partial charge in [-0.2, -0.15) is 11.8 Å². The van der Waals surface area contributed by atoms with Crippen LogP contribution >= 0.6 is 11.8 Å². The normalized spacial score (nSPS) is 13.2. The summed E-state index contributed by atoms with van der Waals surface area (Å²) in [4.78, 5) is 0. The fourth-order valence-corrected chi connectivity index (χ4v) is 1.01. The van der Waals surface area contributed by atoms with E-state index in [1.807, 2.05) is 13.8 Å². The van der Waals surface area contributed by atoms with E-state index in [9.17, 15) is 0 Å². The molecule has 0 saturated heterocycles. The van der Waals surface area contributed by atoms with Crippen LogP contribution in [0.3, 0.4) is 0 Å². The summed E-state index contributed by atoms with van der Waals surface area (Å²) < 4.78 is 0. The highest BCUT2D eigenvalue weighted by Crippen LogP contribution is 2.11. The first kappa shape index (κ1) is 9.05. The lowest BCUT2D eigenvalue weighted by Crippen LogP contribution is -2.02. The fourth-order valence-electron chi connectivity index (χ4n) is 0.337. The monoisotopic (exact) mass is 146 g/mol. The third-order valence-corrected chi connectivity index (χ3v) is 2.25. The Morgan fingerprint density at radius 1 is 1.78 bits per heavy atom. The number of hydrogen-bond acceptors (Lipinski definition) is 2. The van der Waals surface area contributed by atoms with E-state index in [-0.39, 0.29) is 6.61 Å². The second-order valence-corrected chi connectivity index (χ2v) is 3.69. The first-order valence-electron chi connectivity index (χ1n) is 3.03. The van der Waals surface area contributed by atoms with Crippen molar-refractivity contribution < 1.29 is 5.11 Å². The van der Waals surface area contributed by atoms with Gasteiger partial charge in [-0.05, 0) is 6.92 Å². The zero-order valence-corrected chi connectivity index (χ0v) is 6.87. The Kier molecular flexibility index (Phi) is 4.91. The Morgan fingerprint density at radius 3 is 2.67 bits per heavy atom. The number of hydrogen-bond donors (Lipinski definition) is 1. The van der Waals surface area contributed by atoms with Crippen molar-refractivity contribution >= 4 is 11.8 Å². The van der Waals surface area contributed by atoms with Crippen LogP contribution in [-0.2, 0) is 0 Å². The van der Waals surface area contributed by atoms with Gasteiger partial charge in [-0.3, -0.25) is 0 Å². The molecule has 0 aromatic carbocycles. The molecule has 0 saturated carbocycles. The lowest BCUT2D eigenvalue weighted by atomic mass is 10.4. The van der Waals surface area contributed by atoms with Crippen molar-refractivity contribution in [1.29, 1.82) is 0 Å². The first-order valence-corrected chi connectivity index (χ1v) is 4.08. The van der Waals surface area contributed by atoms with Gasteiger partial charge in [-0.15, -0.1) is 0 Å². The minimum atomic E-state index is 0.262. The van der Waals surface area contributed by atoms with Crippen LogP contribution in [0.2, 0.25) is 0 Å². The van der Waals surface area contributed by atoms with Gasteiger partial charge in [0.1, 0.15) is 0 Å². The molecule has 0 amide bonds. The van der Waals surface area contributed by atoms with Crippen LogP contribution < -0.4 is 0 Å². The second-order valence-electron chi connectivity index (χ2n) is 2.26. The van der Waals surface area contributed by atoms with E-state index in [1.54, 1.807) is 11.8 Å². The van der Waals surface area contributed by atoms with Crippen LogP contribution in [0.5, 0.6) is 0 Å². The lowest BCUT2D eigenvalue weighted by Gasteiger charge is -2.05. The molecule has 0 aromatic heterocycles. The maximum absolute atomic E-state index is 8.60. The molecule has 0 aliphatic rings. The summed E-state index contributed by atoms with van der Waals surface area (Å²) in [5.74, 6) is 0.960. The number of aliphatic hydroxyl groups excluding tert-OH is 1. The Labute approximate surface area is 61.2 Å². The van der Waals surface area contributed by atoms with Gasteiger partial charge >= 0.3 is 0 Å². The standard InChI is InChI=1S/C7H14OS/c1-6(2)5-9-7(3)4-8/h7-8H,1,4-5H2,2-3H3/t7-/m1/s1. The van der Waals surface area contributed by atoms with Gasteiger partial charge in [0.2, 0.25) is 0 Å². The molecule has 0 unspecified atom stereocenters. The van der Waals surface area contributed by atoms with Gasteiger partial charge in [0, 0.05) is 11.0 Å². The van der Waals surface area contributed by atoms with Gasteiger partial charge in [-0.1, -0.05) is 19.1 Å². The van der Waals surface area contributed by atoms with E-state index >= 15 is 0 Å². The second kappa shape index (κ2) is 4.89. The lowest BCUT2D eigenvalue weighted by molar-refractivity contribution is 0.300. The van der Waals surface area contributed by atoms with E-state index < -0.39 is 0 Å². The van der Waals surface area contributed by atoms with E-state index in [1.165, 1.54) is 5.57 Å². The van der Waals surface area contributed by atoms with Gasteiger partial charge in [0.05, 0.1) is 6.61 Å². The summed E-state index contributed by atoms with van der Waals surface area (Å²) in [5, 5.41) is 8.95. The molecule has 9 heavy (non-hydrogen) atoms. The van der Waals surface area contributed by atoms with E-state index in [0.29, 0.717) is 5.25 Å². The summed E-state index contributed by atoms with van der Waals surface area (Å²) in [6.07, 6.45) is 0. The Balaban J connectivity index is 3.16. The maximum atomic E-state index is 8.60. The molecule has 0 aromatic rings. The van der Waals surface area contributed by atoms with Gasteiger partial charge in [-0.25, -0.2) is 0 Å². The summed E-state index contributed by atoms with van der Waals surface area (Å²) >= 11 is 1.73. The predicted molar refractivity (Wildman–Crippen MR) is 43.8 cm³/mol. The van der Waals surface area contributed by atoms with E-state index in [4.69, 9.17) is 5.11 Å². The van der Waals surface area contributed by atoms with E-state index in [0.717, 1.165) is 5.75 Å². The van der Waals surface area contributed by atoms with Crippen molar-refractivity contribution in [2.24, 2.45) is 0 Å². The highest BCUT2D eigenvalue weighted by atomic mass is 32.2. The minimum Gasteiger partial charge on any atom is -0.395 e. The van der Waals surface area contributed by atoms with Crippen LogP contribution in [0.1, 0.15) is 13.8 Å². The smallest absolute Gasteiger partial charge is 0.0547 e. The Morgan fingerprint density at radius 2 is 2.33 bits per heavy atom. The average Bonchev–Trinajstić information content (AvgIpc) is 1.83. The molecule has 1 nitrogen and oxygen atoms in total. The molecule has 0 aliphatic carbocycles. The summed E-state index contributed by atoms with van der Waals surface area (Å²) in [7, 11) is 0. The number of rotatable bonds is 4. The quantitative estimate of drug-likeness (QED) is 0.609. The average molecular weight is 146 g/mol. The SMILES string of the molecule is C=C(C)CS[C@H](C)CO. The number of aliphatic hydroxyl groups is 1. The van der Waals surface area contributed by atoms with Crippen LogP contribution in [0.15, 0.2) is 12.2 Å². The summed E-state index contributed by atoms with van der Waals surface area (Å²) in [6, 6.07) is 0.